The minimum absolute atomic E-state index is 0.480. The summed E-state index contributed by atoms with van der Waals surface area (Å²) in [5.74, 6) is 3.37. The second-order valence-corrected chi connectivity index (χ2v) is 6.94. The van der Waals surface area contributed by atoms with E-state index in [0.717, 1.165) is 5.92 Å². The Morgan fingerprint density at radius 2 is 2.07 bits per heavy atom. The van der Waals surface area contributed by atoms with Crippen LogP contribution in [0.2, 0.25) is 0 Å². The lowest BCUT2D eigenvalue weighted by Gasteiger charge is -2.41. The number of hydrogen-bond donors (Lipinski definition) is 1. The highest BCUT2D eigenvalue weighted by Crippen LogP contribution is 2.34. The van der Waals surface area contributed by atoms with Crippen LogP contribution in [0.1, 0.15) is 47.5 Å². The summed E-state index contributed by atoms with van der Waals surface area (Å²) in [5, 5.41) is 3.87. The van der Waals surface area contributed by atoms with Crippen LogP contribution in [0.25, 0.3) is 0 Å². The van der Waals surface area contributed by atoms with Crippen LogP contribution < -0.4 is 5.32 Å². The Balaban J connectivity index is 2.54. The van der Waals surface area contributed by atoms with Crippen LogP contribution in [0.5, 0.6) is 0 Å². The molecule has 0 spiro atoms. The molecule has 0 bridgehead atoms. The smallest absolute Gasteiger partial charge is 0.0212 e. The van der Waals surface area contributed by atoms with Crippen molar-refractivity contribution < 1.29 is 0 Å². The van der Waals surface area contributed by atoms with Gasteiger partial charge >= 0.3 is 0 Å². The van der Waals surface area contributed by atoms with Crippen LogP contribution in [0.15, 0.2) is 0 Å². The van der Waals surface area contributed by atoms with Crippen LogP contribution in [0.3, 0.4) is 0 Å². The van der Waals surface area contributed by atoms with Crippen LogP contribution in [-0.2, 0) is 0 Å². The second kappa shape index (κ2) is 5.58. The summed E-state index contributed by atoms with van der Waals surface area (Å²) in [6.07, 6.45) is 2.60. The van der Waals surface area contributed by atoms with Crippen molar-refractivity contribution in [2.75, 3.05) is 11.5 Å². The van der Waals surface area contributed by atoms with Gasteiger partial charge in [0.2, 0.25) is 0 Å². The molecule has 2 atom stereocenters. The summed E-state index contributed by atoms with van der Waals surface area (Å²) in [4.78, 5) is 0. The van der Waals surface area contributed by atoms with E-state index in [0.29, 0.717) is 17.5 Å². The summed E-state index contributed by atoms with van der Waals surface area (Å²) in [6, 6.07) is 1.39. The van der Waals surface area contributed by atoms with Gasteiger partial charge in [-0.3, -0.25) is 0 Å². The summed E-state index contributed by atoms with van der Waals surface area (Å²) >= 11 is 2.11. The van der Waals surface area contributed by atoms with E-state index in [2.05, 4.69) is 51.7 Å². The van der Waals surface area contributed by atoms with Gasteiger partial charge in [-0.15, -0.1) is 0 Å². The Morgan fingerprint density at radius 3 is 2.53 bits per heavy atom. The van der Waals surface area contributed by atoms with E-state index in [1.54, 1.807) is 0 Å². The first kappa shape index (κ1) is 13.4. The average Bonchev–Trinajstić information content (AvgIpc) is 2.15. The van der Waals surface area contributed by atoms with Gasteiger partial charge in [-0.2, -0.15) is 11.8 Å². The van der Waals surface area contributed by atoms with Crippen molar-refractivity contribution in [1.82, 2.24) is 5.32 Å². The van der Waals surface area contributed by atoms with Gasteiger partial charge in [-0.05, 0) is 29.9 Å². The molecule has 0 saturated carbocycles. The molecule has 1 fully saturated rings. The van der Waals surface area contributed by atoms with Crippen LogP contribution >= 0.6 is 11.8 Å². The van der Waals surface area contributed by atoms with Crippen molar-refractivity contribution in [3.8, 4) is 0 Å². The molecule has 0 aromatic carbocycles. The lowest BCUT2D eigenvalue weighted by atomic mass is 9.81. The third-order valence-corrected chi connectivity index (χ3v) is 4.84. The van der Waals surface area contributed by atoms with E-state index in [9.17, 15) is 0 Å². The van der Waals surface area contributed by atoms with E-state index in [-0.39, 0.29) is 0 Å². The molecule has 1 aliphatic rings. The molecular formula is C13H27NS. The average molecular weight is 229 g/mol. The third-order valence-electron chi connectivity index (χ3n) is 3.78. The summed E-state index contributed by atoms with van der Waals surface area (Å²) < 4.78 is 0. The summed E-state index contributed by atoms with van der Waals surface area (Å²) in [6.45, 7) is 11.8. The highest BCUT2D eigenvalue weighted by atomic mass is 32.2. The predicted molar refractivity (Wildman–Crippen MR) is 71.6 cm³/mol. The summed E-state index contributed by atoms with van der Waals surface area (Å²) in [5.41, 5.74) is 0.480. The van der Waals surface area contributed by atoms with Gasteiger partial charge in [0, 0.05) is 17.8 Å². The molecule has 0 aliphatic carbocycles. The fourth-order valence-corrected chi connectivity index (χ4v) is 3.87. The molecule has 1 rings (SSSR count). The maximum atomic E-state index is 3.87. The number of nitrogens with one attached hydrogen (secondary N) is 1. The molecule has 1 heterocycles. The van der Waals surface area contributed by atoms with E-state index in [1.165, 1.54) is 24.3 Å². The topological polar surface area (TPSA) is 12.0 Å². The zero-order valence-corrected chi connectivity index (χ0v) is 11.8. The molecule has 1 N–H and O–H groups in total. The zero-order chi connectivity index (χ0) is 11.5. The minimum Gasteiger partial charge on any atom is -0.310 e. The SMILES string of the molecule is CCC(NC1CSCCC1(C)C)C(C)C. The Bertz CT molecular complexity index is 189. The third kappa shape index (κ3) is 3.67. The lowest BCUT2D eigenvalue weighted by molar-refractivity contribution is 0.209. The Labute approximate surface area is 99.8 Å². The van der Waals surface area contributed by atoms with E-state index >= 15 is 0 Å². The molecule has 0 aromatic rings. The molecule has 1 aliphatic heterocycles. The van der Waals surface area contributed by atoms with Gasteiger partial charge in [-0.25, -0.2) is 0 Å². The molecule has 0 amide bonds. The second-order valence-electron chi connectivity index (χ2n) is 5.79. The molecule has 15 heavy (non-hydrogen) atoms. The standard InChI is InChI=1S/C13H27NS/c1-6-11(10(2)3)14-12-9-15-8-7-13(12,4)5/h10-12,14H,6-9H2,1-5H3. The van der Waals surface area contributed by atoms with Gasteiger partial charge in [0.25, 0.3) is 0 Å². The highest BCUT2D eigenvalue weighted by Gasteiger charge is 2.33. The highest BCUT2D eigenvalue weighted by molar-refractivity contribution is 7.99. The Kier molecular flexibility index (Phi) is 4.98. The largest absolute Gasteiger partial charge is 0.310 e. The molecule has 90 valence electrons. The van der Waals surface area contributed by atoms with Gasteiger partial charge in [0.05, 0.1) is 0 Å². The number of rotatable bonds is 4. The molecule has 2 unspecified atom stereocenters. The van der Waals surface area contributed by atoms with Crippen LogP contribution in [0.4, 0.5) is 0 Å². The molecule has 0 radical (unpaired) electrons. The van der Waals surface area contributed by atoms with Gasteiger partial charge in [-0.1, -0.05) is 34.6 Å². The maximum Gasteiger partial charge on any atom is 0.0212 e. The van der Waals surface area contributed by atoms with E-state index in [1.807, 2.05) is 0 Å². The van der Waals surface area contributed by atoms with Crippen molar-refractivity contribution in [2.24, 2.45) is 11.3 Å². The zero-order valence-electron chi connectivity index (χ0n) is 11.0. The lowest BCUT2D eigenvalue weighted by Crippen LogP contribution is -2.51. The molecule has 1 saturated heterocycles. The van der Waals surface area contributed by atoms with Crippen molar-refractivity contribution in [3.05, 3.63) is 0 Å². The number of hydrogen-bond acceptors (Lipinski definition) is 2. The van der Waals surface area contributed by atoms with Crippen molar-refractivity contribution in [2.45, 2.75) is 59.5 Å². The van der Waals surface area contributed by atoms with Crippen LogP contribution in [-0.4, -0.2) is 23.6 Å². The first-order chi connectivity index (χ1) is 6.97. The first-order valence-corrected chi connectivity index (χ1v) is 7.46. The van der Waals surface area contributed by atoms with Crippen molar-refractivity contribution in [3.63, 3.8) is 0 Å². The monoisotopic (exact) mass is 229 g/mol. The van der Waals surface area contributed by atoms with Crippen LogP contribution in [0, 0.1) is 11.3 Å². The fourth-order valence-electron chi connectivity index (χ4n) is 2.25. The fraction of sp³-hybridized carbons (Fsp3) is 1.00. The normalized spacial score (nSPS) is 28.0. The number of thioether (sulfide) groups is 1. The van der Waals surface area contributed by atoms with Crippen molar-refractivity contribution in [1.29, 1.82) is 0 Å². The minimum atomic E-state index is 0.480. The van der Waals surface area contributed by atoms with Gasteiger partial charge in [0.15, 0.2) is 0 Å². The van der Waals surface area contributed by atoms with Crippen molar-refractivity contribution >= 4 is 11.8 Å². The Hall–Kier alpha value is 0.310. The molecule has 0 aromatic heterocycles. The molecular weight excluding hydrogens is 202 g/mol. The van der Waals surface area contributed by atoms with Gasteiger partial charge < -0.3 is 5.32 Å². The maximum absolute atomic E-state index is 3.87. The van der Waals surface area contributed by atoms with Gasteiger partial charge in [0.1, 0.15) is 0 Å². The molecule has 1 nitrogen and oxygen atoms in total. The van der Waals surface area contributed by atoms with E-state index < -0.39 is 0 Å². The predicted octanol–water partition coefficient (Wildman–Crippen LogP) is 3.54. The first-order valence-electron chi connectivity index (χ1n) is 6.31. The molecule has 2 heteroatoms. The van der Waals surface area contributed by atoms with E-state index in [4.69, 9.17) is 0 Å². The quantitative estimate of drug-likeness (QED) is 0.791. The summed E-state index contributed by atoms with van der Waals surface area (Å²) in [7, 11) is 0. The Morgan fingerprint density at radius 1 is 1.40 bits per heavy atom.